The third-order valence-electron chi connectivity index (χ3n) is 6.40. The third-order valence-corrected chi connectivity index (χ3v) is 7.44. The van der Waals surface area contributed by atoms with Gasteiger partial charge in [-0.2, -0.15) is 18.2 Å². The molecule has 4 rings (SSSR count). The number of rotatable bonds is 7. The lowest BCUT2D eigenvalue weighted by Gasteiger charge is -2.28. The lowest BCUT2D eigenvalue weighted by molar-refractivity contribution is -0.131. The van der Waals surface area contributed by atoms with Crippen molar-refractivity contribution < 1.29 is 28.5 Å². The summed E-state index contributed by atoms with van der Waals surface area (Å²) in [4.78, 5) is 17.8. The van der Waals surface area contributed by atoms with Crippen molar-refractivity contribution in [3.05, 3.63) is 23.7 Å². The molecule has 3 heterocycles. The number of anilines is 2. The van der Waals surface area contributed by atoms with Gasteiger partial charge in [0, 0.05) is 18.7 Å². The largest absolute Gasteiger partial charge is 0.390 e. The number of halogens is 3. The van der Waals surface area contributed by atoms with E-state index in [1.54, 1.807) is 27.0 Å². The van der Waals surface area contributed by atoms with Gasteiger partial charge in [0.05, 0.1) is 45.8 Å². The van der Waals surface area contributed by atoms with Crippen LogP contribution in [-0.2, 0) is 0 Å². The zero-order chi connectivity index (χ0) is 26.4. The van der Waals surface area contributed by atoms with E-state index in [2.05, 4.69) is 25.6 Å². The molecule has 9 nitrogen and oxygen atoms in total. The molecule has 3 aromatic heterocycles. The molecule has 3 aromatic rings. The summed E-state index contributed by atoms with van der Waals surface area (Å²) in [6.07, 6.45) is -5.82. The molecule has 0 saturated heterocycles. The summed E-state index contributed by atoms with van der Waals surface area (Å²) in [5.41, 5.74) is 1.23. The quantitative estimate of drug-likeness (QED) is 0.314. The molecule has 1 aliphatic carbocycles. The molecule has 1 fully saturated rings. The molecule has 0 aromatic carbocycles. The first-order valence-electron chi connectivity index (χ1n) is 11.5. The number of aliphatic hydroxyl groups is 3. The first-order valence-corrected chi connectivity index (χ1v) is 12.3. The Balaban J connectivity index is 1.73. The Morgan fingerprint density at radius 1 is 1.08 bits per heavy atom. The summed E-state index contributed by atoms with van der Waals surface area (Å²) in [5.74, 6) is -0.347. The number of thiazole rings is 1. The van der Waals surface area contributed by atoms with Gasteiger partial charge in [-0.25, -0.2) is 9.97 Å². The van der Waals surface area contributed by atoms with E-state index in [0.717, 1.165) is 10.4 Å². The number of aryl methyl sites for hydroxylation is 2. The number of alkyl halides is 3. The third kappa shape index (κ3) is 5.53. The molecule has 13 heteroatoms. The van der Waals surface area contributed by atoms with Crippen molar-refractivity contribution in [1.82, 2.24) is 19.9 Å². The molecular formula is C23H29F3N6O3S. The monoisotopic (exact) mass is 526 g/mol. The van der Waals surface area contributed by atoms with Crippen molar-refractivity contribution in [2.24, 2.45) is 5.92 Å². The summed E-state index contributed by atoms with van der Waals surface area (Å²) >= 11 is 1.39. The van der Waals surface area contributed by atoms with Crippen LogP contribution in [0.3, 0.4) is 0 Å². The standard InChI is InChI=1S/C23H29F3N6O3S/c1-10-15(20-31-16-11(2)27-7-5-14(16)36-20)19(32-21(29-10)28-8-6-23(24,25)26)30-13-9-12(22(3,4)35)17(33)18(13)34/h5,7,12-13,17-18,33-35H,6,8-9H2,1-4H3,(H2,28,29,30,32). The highest BCUT2D eigenvalue weighted by molar-refractivity contribution is 7.21. The Labute approximate surface area is 209 Å². The fourth-order valence-corrected chi connectivity index (χ4v) is 5.58. The van der Waals surface area contributed by atoms with Crippen molar-refractivity contribution in [3.63, 3.8) is 0 Å². The summed E-state index contributed by atoms with van der Waals surface area (Å²) in [6.45, 7) is 6.27. The number of hydrogen-bond acceptors (Lipinski definition) is 10. The molecule has 0 spiro atoms. The number of hydrogen-bond donors (Lipinski definition) is 5. The molecule has 0 radical (unpaired) electrons. The number of nitrogens with one attached hydrogen (secondary N) is 2. The van der Waals surface area contributed by atoms with Crippen LogP contribution in [0.15, 0.2) is 12.3 Å². The maximum Gasteiger partial charge on any atom is 0.390 e. The van der Waals surface area contributed by atoms with Gasteiger partial charge < -0.3 is 26.0 Å². The SMILES string of the molecule is Cc1nc(NCCC(F)(F)F)nc(NC2CC(C(C)(C)O)C(O)C2O)c1-c1nc2c(C)nccc2s1. The number of nitrogens with zero attached hydrogens (tertiary/aromatic N) is 4. The molecule has 4 unspecified atom stereocenters. The van der Waals surface area contributed by atoms with E-state index >= 15 is 0 Å². The predicted octanol–water partition coefficient (Wildman–Crippen LogP) is 3.42. The topological polar surface area (TPSA) is 136 Å². The lowest BCUT2D eigenvalue weighted by Crippen LogP contribution is -2.40. The summed E-state index contributed by atoms with van der Waals surface area (Å²) in [5, 5.41) is 38.0. The van der Waals surface area contributed by atoms with Crippen molar-refractivity contribution in [3.8, 4) is 10.6 Å². The molecule has 196 valence electrons. The Morgan fingerprint density at radius 2 is 1.81 bits per heavy atom. The second kappa shape index (κ2) is 9.69. The van der Waals surface area contributed by atoms with Crippen LogP contribution in [0.1, 0.15) is 38.1 Å². The Kier molecular flexibility index (Phi) is 7.12. The van der Waals surface area contributed by atoms with E-state index in [1.165, 1.54) is 11.3 Å². The van der Waals surface area contributed by atoms with Gasteiger partial charge in [0.15, 0.2) is 0 Å². The van der Waals surface area contributed by atoms with Gasteiger partial charge in [-0.1, -0.05) is 0 Å². The Morgan fingerprint density at radius 3 is 2.42 bits per heavy atom. The molecule has 36 heavy (non-hydrogen) atoms. The van der Waals surface area contributed by atoms with Crippen LogP contribution >= 0.6 is 11.3 Å². The minimum Gasteiger partial charge on any atom is -0.390 e. The summed E-state index contributed by atoms with van der Waals surface area (Å²) < 4.78 is 38.8. The Bertz CT molecular complexity index is 1250. The fourth-order valence-electron chi connectivity index (χ4n) is 4.47. The molecule has 1 aliphatic rings. The van der Waals surface area contributed by atoms with Crippen molar-refractivity contribution in [1.29, 1.82) is 0 Å². The van der Waals surface area contributed by atoms with E-state index in [-0.39, 0.29) is 18.2 Å². The first-order chi connectivity index (χ1) is 16.7. The van der Waals surface area contributed by atoms with Crippen LogP contribution in [-0.4, -0.2) is 71.8 Å². The van der Waals surface area contributed by atoms with Crippen LogP contribution < -0.4 is 10.6 Å². The highest BCUT2D eigenvalue weighted by atomic mass is 32.1. The van der Waals surface area contributed by atoms with Crippen LogP contribution in [0.4, 0.5) is 24.9 Å². The lowest BCUT2D eigenvalue weighted by atomic mass is 9.88. The normalized spacial score (nSPS) is 22.8. The smallest absolute Gasteiger partial charge is 0.390 e. The van der Waals surface area contributed by atoms with E-state index in [9.17, 15) is 28.5 Å². The first kappa shape index (κ1) is 26.5. The molecular weight excluding hydrogens is 497 g/mol. The van der Waals surface area contributed by atoms with Crippen LogP contribution in [0, 0.1) is 19.8 Å². The zero-order valence-corrected chi connectivity index (χ0v) is 21.1. The minimum absolute atomic E-state index is 0.00553. The van der Waals surface area contributed by atoms with E-state index in [4.69, 9.17) is 4.98 Å². The molecule has 0 amide bonds. The number of aromatic nitrogens is 4. The maximum absolute atomic E-state index is 12.6. The van der Waals surface area contributed by atoms with Gasteiger partial charge in [0.1, 0.15) is 22.4 Å². The molecule has 4 atom stereocenters. The van der Waals surface area contributed by atoms with Gasteiger partial charge in [-0.3, -0.25) is 4.98 Å². The Hall–Kier alpha value is -2.61. The van der Waals surface area contributed by atoms with Gasteiger partial charge in [-0.05, 0) is 40.2 Å². The fraction of sp³-hybridized carbons (Fsp3) is 0.565. The van der Waals surface area contributed by atoms with Crippen molar-refractivity contribution in [2.45, 2.75) is 70.6 Å². The molecule has 5 N–H and O–H groups in total. The van der Waals surface area contributed by atoms with Crippen molar-refractivity contribution >= 4 is 33.3 Å². The van der Waals surface area contributed by atoms with Crippen LogP contribution in [0.2, 0.25) is 0 Å². The average Bonchev–Trinajstić information content (AvgIpc) is 3.30. The second-order valence-corrected chi connectivity index (χ2v) is 10.7. The van der Waals surface area contributed by atoms with E-state index in [0.29, 0.717) is 21.8 Å². The predicted molar refractivity (Wildman–Crippen MR) is 131 cm³/mol. The van der Waals surface area contributed by atoms with Gasteiger partial charge in [0.25, 0.3) is 0 Å². The highest BCUT2D eigenvalue weighted by Crippen LogP contribution is 2.40. The maximum atomic E-state index is 12.6. The minimum atomic E-state index is -4.33. The molecule has 0 aliphatic heterocycles. The zero-order valence-electron chi connectivity index (χ0n) is 20.3. The van der Waals surface area contributed by atoms with E-state index < -0.39 is 48.9 Å². The number of pyridine rings is 1. The summed E-state index contributed by atoms with van der Waals surface area (Å²) in [7, 11) is 0. The molecule has 0 bridgehead atoms. The summed E-state index contributed by atoms with van der Waals surface area (Å²) in [6, 6.07) is 1.16. The number of fused-ring (bicyclic) bond motifs is 1. The van der Waals surface area contributed by atoms with Gasteiger partial charge in [-0.15, -0.1) is 11.3 Å². The van der Waals surface area contributed by atoms with Crippen molar-refractivity contribution in [2.75, 3.05) is 17.2 Å². The second-order valence-electron chi connectivity index (χ2n) is 9.64. The van der Waals surface area contributed by atoms with Gasteiger partial charge in [0.2, 0.25) is 5.95 Å². The van der Waals surface area contributed by atoms with Crippen LogP contribution in [0.25, 0.3) is 20.8 Å². The van der Waals surface area contributed by atoms with E-state index in [1.807, 2.05) is 13.0 Å². The molecule has 1 saturated carbocycles. The highest BCUT2D eigenvalue weighted by Gasteiger charge is 2.48. The van der Waals surface area contributed by atoms with Gasteiger partial charge >= 0.3 is 6.18 Å². The van der Waals surface area contributed by atoms with Crippen LogP contribution in [0.5, 0.6) is 0 Å². The number of aliphatic hydroxyl groups excluding tert-OH is 2. The average molecular weight is 527 g/mol.